The van der Waals surface area contributed by atoms with Crippen LogP contribution >= 0.6 is 0 Å². The Bertz CT molecular complexity index is 767. The van der Waals surface area contributed by atoms with Gasteiger partial charge in [-0.25, -0.2) is 4.79 Å². The van der Waals surface area contributed by atoms with Gasteiger partial charge in [0.05, 0.1) is 152 Å². The van der Waals surface area contributed by atoms with Crippen molar-refractivity contribution in [3.05, 3.63) is 12.7 Å². The number of unbranched alkanes of at least 4 members (excludes halogenated alkanes) is 12. The third kappa shape index (κ3) is 59.0. The molecule has 0 aliphatic carbocycles. The molecule has 0 aromatic carbocycles. The number of carbonyl (C=O) groups is 1. The summed E-state index contributed by atoms with van der Waals surface area (Å²) in [5, 5.41) is 26.1. The minimum atomic E-state index is -0.981. The molecule has 16 nitrogen and oxygen atoms in total. The van der Waals surface area contributed by atoms with Crippen LogP contribution in [0.25, 0.3) is 0 Å². The number of aliphatic hydroxyl groups is 2. The summed E-state index contributed by atoms with van der Waals surface area (Å²) in [6.45, 7) is 16.0. The van der Waals surface area contributed by atoms with Crippen molar-refractivity contribution >= 4 is 5.97 Å². The van der Waals surface area contributed by atoms with Crippen LogP contribution in [0.15, 0.2) is 12.7 Å². The maximum absolute atomic E-state index is 9.91. The van der Waals surface area contributed by atoms with Crippen molar-refractivity contribution < 1.29 is 77.0 Å². The van der Waals surface area contributed by atoms with Gasteiger partial charge in [0.25, 0.3) is 0 Å². The van der Waals surface area contributed by atoms with Crippen LogP contribution < -0.4 is 0 Å². The van der Waals surface area contributed by atoms with Crippen LogP contribution in [0.5, 0.6) is 0 Å². The summed E-state index contributed by atoms with van der Waals surface area (Å²) in [4.78, 5) is 9.25. The van der Waals surface area contributed by atoms with Crippen LogP contribution in [-0.4, -0.2) is 186 Å². The summed E-state index contributed by atoms with van der Waals surface area (Å²) < 4.78 is 65.1. The second-order valence-electron chi connectivity index (χ2n) is 13.0. The van der Waals surface area contributed by atoms with Crippen LogP contribution in [0, 0.1) is 0 Å². The van der Waals surface area contributed by atoms with E-state index in [-0.39, 0.29) is 13.2 Å². The Hall–Kier alpha value is -1.35. The molecule has 0 aromatic rings. The number of hydrogen-bond donors (Lipinski definition) is 3. The van der Waals surface area contributed by atoms with Gasteiger partial charge in [0.1, 0.15) is 0 Å². The molecule has 0 bridgehead atoms. The van der Waals surface area contributed by atoms with Crippen LogP contribution in [0.2, 0.25) is 0 Å². The molecule has 0 saturated heterocycles. The quantitative estimate of drug-likeness (QED) is 0.0428. The largest absolute Gasteiger partial charge is 0.478 e. The van der Waals surface area contributed by atoms with Crippen LogP contribution in [-0.2, 0) is 61.6 Å². The molecule has 0 rings (SSSR count). The van der Waals surface area contributed by atoms with Crippen molar-refractivity contribution in [3.8, 4) is 0 Å². The molecule has 0 aromatic heterocycles. The molecule has 16 heteroatoms. The first-order chi connectivity index (χ1) is 28.6. The Balaban J connectivity index is 0. The van der Waals surface area contributed by atoms with Gasteiger partial charge in [-0.15, -0.1) is 0 Å². The highest BCUT2D eigenvalue weighted by Gasteiger charge is 2.04. The predicted molar refractivity (Wildman–Crippen MR) is 222 cm³/mol. The van der Waals surface area contributed by atoms with E-state index in [2.05, 4.69) is 13.5 Å². The molecule has 0 fully saturated rings. The topological polar surface area (TPSA) is 189 Å². The molecule has 1 atom stereocenters. The summed E-state index contributed by atoms with van der Waals surface area (Å²) in [7, 11) is 0. The molecule has 58 heavy (non-hydrogen) atoms. The van der Waals surface area contributed by atoms with E-state index in [0.29, 0.717) is 145 Å². The fourth-order valence-electron chi connectivity index (χ4n) is 4.84. The molecular formula is C42H84O16. The van der Waals surface area contributed by atoms with Gasteiger partial charge in [-0.2, -0.15) is 0 Å². The Morgan fingerprint density at radius 1 is 0.431 bits per heavy atom. The number of aliphatic carboxylic acids is 1. The molecule has 0 spiro atoms. The maximum Gasteiger partial charge on any atom is 0.327 e. The summed E-state index contributed by atoms with van der Waals surface area (Å²) in [6, 6.07) is 0. The van der Waals surface area contributed by atoms with Gasteiger partial charge in [0.2, 0.25) is 0 Å². The Morgan fingerprint density at radius 3 is 0.931 bits per heavy atom. The van der Waals surface area contributed by atoms with Crippen molar-refractivity contribution in [2.75, 3.05) is 159 Å². The van der Waals surface area contributed by atoms with E-state index in [1.54, 1.807) is 0 Å². The standard InChI is InChI=1S/C39H80O14.C3H4O2/c1-2-3-4-5-6-7-8-9-10-11-12-13-14-16-53-39(41)38-52-37-36-51-35-34-50-33-32-49-31-30-48-29-28-47-27-26-46-25-24-45-23-22-44-21-20-43-19-18-42-17-15-40;1-2-3(4)5/h39-41H,2-38H2,1H3;2H,1H2,(H,4,5). The monoisotopic (exact) mass is 845 g/mol. The molecular weight excluding hydrogens is 760 g/mol. The van der Waals surface area contributed by atoms with Gasteiger partial charge in [0, 0.05) is 12.7 Å². The minimum Gasteiger partial charge on any atom is -0.478 e. The number of ether oxygens (including phenoxy) is 12. The zero-order valence-electron chi connectivity index (χ0n) is 36.2. The summed E-state index contributed by atoms with van der Waals surface area (Å²) >= 11 is 0. The van der Waals surface area contributed by atoms with Crippen LogP contribution in [0.4, 0.5) is 0 Å². The molecule has 0 radical (unpaired) electrons. The zero-order chi connectivity index (χ0) is 42.5. The lowest BCUT2D eigenvalue weighted by atomic mass is 10.0. The molecule has 1 unspecified atom stereocenters. The van der Waals surface area contributed by atoms with Crippen molar-refractivity contribution in [1.29, 1.82) is 0 Å². The van der Waals surface area contributed by atoms with E-state index in [9.17, 15) is 9.90 Å². The molecule has 0 aliphatic heterocycles. The van der Waals surface area contributed by atoms with Gasteiger partial charge in [-0.1, -0.05) is 90.6 Å². The van der Waals surface area contributed by atoms with Crippen LogP contribution in [0.3, 0.4) is 0 Å². The first-order valence-electron chi connectivity index (χ1n) is 21.7. The lowest BCUT2D eigenvalue weighted by Crippen LogP contribution is -2.21. The first kappa shape index (κ1) is 58.7. The zero-order valence-corrected chi connectivity index (χ0v) is 36.2. The van der Waals surface area contributed by atoms with Gasteiger partial charge < -0.3 is 72.2 Å². The predicted octanol–water partition coefficient (Wildman–Crippen LogP) is 4.84. The molecule has 0 heterocycles. The van der Waals surface area contributed by atoms with E-state index in [1.165, 1.54) is 70.6 Å². The number of rotatable bonds is 50. The molecule has 3 N–H and O–H groups in total. The highest BCUT2D eigenvalue weighted by Crippen LogP contribution is 2.12. The molecule has 0 aliphatic rings. The van der Waals surface area contributed by atoms with Crippen molar-refractivity contribution in [2.24, 2.45) is 0 Å². The Kier molecular flexibility index (Phi) is 56.4. The van der Waals surface area contributed by atoms with Crippen molar-refractivity contribution in [3.63, 3.8) is 0 Å². The van der Waals surface area contributed by atoms with Crippen molar-refractivity contribution in [2.45, 2.75) is 96.7 Å². The molecule has 0 saturated carbocycles. The van der Waals surface area contributed by atoms with E-state index in [4.69, 9.17) is 67.1 Å². The summed E-state index contributed by atoms with van der Waals surface area (Å²) in [5.74, 6) is -0.981. The van der Waals surface area contributed by atoms with Gasteiger partial charge in [-0.3, -0.25) is 0 Å². The van der Waals surface area contributed by atoms with E-state index in [1.807, 2.05) is 0 Å². The summed E-state index contributed by atoms with van der Waals surface area (Å²) in [6.07, 6.45) is 17.0. The third-order valence-electron chi connectivity index (χ3n) is 7.95. The number of hydrogen-bond acceptors (Lipinski definition) is 15. The third-order valence-corrected chi connectivity index (χ3v) is 7.95. The van der Waals surface area contributed by atoms with E-state index < -0.39 is 12.3 Å². The molecule has 0 amide bonds. The SMILES string of the molecule is C=CC(=O)O.CCCCCCCCCCCCCCCOC(O)COCCOCCOCCOCCOCCOCCOCCOCCOCCOCCOCCO. The average molecular weight is 845 g/mol. The van der Waals surface area contributed by atoms with Gasteiger partial charge in [-0.05, 0) is 6.42 Å². The highest BCUT2D eigenvalue weighted by molar-refractivity contribution is 5.78. The second kappa shape index (κ2) is 55.7. The first-order valence-corrected chi connectivity index (χ1v) is 21.7. The number of carboxylic acids is 1. The summed E-state index contributed by atoms with van der Waals surface area (Å²) in [5.41, 5.74) is 0. The highest BCUT2D eigenvalue weighted by atomic mass is 16.6. The lowest BCUT2D eigenvalue weighted by Gasteiger charge is -2.12. The van der Waals surface area contributed by atoms with Gasteiger partial charge >= 0.3 is 5.97 Å². The molecule has 348 valence electrons. The number of carboxylic acid groups (broad SMARTS) is 1. The fourth-order valence-corrected chi connectivity index (χ4v) is 4.84. The Labute approximate surface area is 350 Å². The normalized spacial score (nSPS) is 11.8. The maximum atomic E-state index is 9.91. The fraction of sp³-hybridized carbons (Fsp3) is 0.929. The van der Waals surface area contributed by atoms with E-state index in [0.717, 1.165) is 18.9 Å². The number of aliphatic hydroxyl groups excluding tert-OH is 2. The minimum absolute atomic E-state index is 0.0237. The Morgan fingerprint density at radius 2 is 0.672 bits per heavy atom. The average Bonchev–Trinajstić information content (AvgIpc) is 3.22. The lowest BCUT2D eigenvalue weighted by molar-refractivity contribution is -0.141. The van der Waals surface area contributed by atoms with Crippen molar-refractivity contribution in [1.82, 2.24) is 0 Å². The van der Waals surface area contributed by atoms with Crippen LogP contribution in [0.1, 0.15) is 90.4 Å². The second-order valence-corrected chi connectivity index (χ2v) is 13.0. The van der Waals surface area contributed by atoms with E-state index >= 15 is 0 Å². The van der Waals surface area contributed by atoms with Gasteiger partial charge in [0.15, 0.2) is 6.29 Å². The smallest absolute Gasteiger partial charge is 0.327 e.